The van der Waals surface area contributed by atoms with E-state index in [1.54, 1.807) is 23.5 Å². The summed E-state index contributed by atoms with van der Waals surface area (Å²) >= 11 is 8.67. The molecule has 2 heterocycles. The van der Waals surface area contributed by atoms with Crippen LogP contribution < -0.4 is 4.72 Å². The van der Waals surface area contributed by atoms with Gasteiger partial charge in [-0.3, -0.25) is 0 Å². The Bertz CT molecular complexity index is 716. The molecule has 0 radical (unpaired) electrons. The molecule has 1 N–H and O–H groups in total. The molecule has 120 valence electrons. The molecule has 0 aromatic carbocycles. The fraction of sp³-hybridized carbons (Fsp3) is 0.467. The molecule has 1 aliphatic carbocycles. The first-order chi connectivity index (χ1) is 10.5. The van der Waals surface area contributed by atoms with Gasteiger partial charge in [0.05, 0.1) is 4.34 Å². The Morgan fingerprint density at radius 1 is 1.18 bits per heavy atom. The summed E-state index contributed by atoms with van der Waals surface area (Å²) < 4.78 is 28.5. The van der Waals surface area contributed by atoms with Gasteiger partial charge in [0.2, 0.25) is 10.0 Å². The number of thiophene rings is 2. The lowest BCUT2D eigenvalue weighted by Gasteiger charge is -2.36. The third-order valence-corrected chi connectivity index (χ3v) is 8.51. The van der Waals surface area contributed by atoms with Gasteiger partial charge in [0.15, 0.2) is 0 Å². The van der Waals surface area contributed by atoms with Gasteiger partial charge in [-0.1, -0.05) is 36.9 Å². The van der Waals surface area contributed by atoms with Crippen LogP contribution >= 0.6 is 34.3 Å². The molecule has 0 amide bonds. The highest BCUT2D eigenvalue weighted by atomic mass is 35.5. The van der Waals surface area contributed by atoms with Crippen molar-refractivity contribution >= 4 is 44.3 Å². The second kappa shape index (κ2) is 6.61. The van der Waals surface area contributed by atoms with Gasteiger partial charge in [-0.2, -0.15) is 0 Å². The second-order valence-corrected chi connectivity index (χ2v) is 10.4. The smallest absolute Gasteiger partial charge is 0.210 e. The molecule has 0 atom stereocenters. The quantitative estimate of drug-likeness (QED) is 0.827. The van der Waals surface area contributed by atoms with Crippen molar-refractivity contribution in [2.45, 2.75) is 41.7 Å². The molecule has 3 rings (SSSR count). The van der Waals surface area contributed by atoms with Crippen LogP contribution in [0.2, 0.25) is 4.34 Å². The maximum Gasteiger partial charge on any atom is 0.250 e. The Morgan fingerprint density at radius 2 is 1.95 bits per heavy atom. The van der Waals surface area contributed by atoms with Crippen molar-refractivity contribution in [2.24, 2.45) is 0 Å². The van der Waals surface area contributed by atoms with Gasteiger partial charge in [0.25, 0.3) is 0 Å². The predicted octanol–water partition coefficient (Wildman–Crippen LogP) is 4.64. The lowest BCUT2D eigenvalue weighted by atomic mass is 9.73. The van der Waals surface area contributed by atoms with Crippen molar-refractivity contribution in [3.63, 3.8) is 0 Å². The van der Waals surface area contributed by atoms with Crippen molar-refractivity contribution in [3.8, 4) is 0 Å². The molecule has 7 heteroatoms. The van der Waals surface area contributed by atoms with Gasteiger partial charge in [-0.05, 0) is 36.4 Å². The van der Waals surface area contributed by atoms with Crippen molar-refractivity contribution in [1.29, 1.82) is 0 Å². The van der Waals surface area contributed by atoms with Crippen molar-refractivity contribution < 1.29 is 8.42 Å². The molecule has 2 aromatic rings. The number of sulfonamides is 1. The molecule has 0 saturated heterocycles. The minimum absolute atomic E-state index is 0.0550. The van der Waals surface area contributed by atoms with E-state index in [1.165, 1.54) is 11.3 Å². The molecule has 0 spiro atoms. The van der Waals surface area contributed by atoms with E-state index in [4.69, 9.17) is 11.6 Å². The maximum absolute atomic E-state index is 12.4. The van der Waals surface area contributed by atoms with Crippen LogP contribution in [0.25, 0.3) is 0 Å². The zero-order valence-electron chi connectivity index (χ0n) is 12.0. The lowest BCUT2D eigenvalue weighted by Crippen LogP contribution is -2.41. The summed E-state index contributed by atoms with van der Waals surface area (Å²) in [6, 6.07) is 7.36. The van der Waals surface area contributed by atoms with Gasteiger partial charge in [0, 0.05) is 16.8 Å². The van der Waals surface area contributed by atoms with Crippen LogP contribution in [0.4, 0.5) is 0 Å². The Morgan fingerprint density at radius 3 is 2.55 bits per heavy atom. The summed E-state index contributed by atoms with van der Waals surface area (Å²) in [4.78, 5) is 1.29. The Kier molecular flexibility index (Phi) is 4.95. The molecule has 2 aromatic heterocycles. The number of hydrogen-bond acceptors (Lipinski definition) is 4. The van der Waals surface area contributed by atoms with Crippen LogP contribution in [0.15, 0.2) is 33.9 Å². The lowest BCUT2D eigenvalue weighted by molar-refractivity contribution is 0.298. The molecular formula is C15H18ClNO2S3. The third-order valence-electron chi connectivity index (χ3n) is 4.27. The average Bonchev–Trinajstić information content (AvgIpc) is 3.18. The van der Waals surface area contributed by atoms with Crippen LogP contribution in [-0.4, -0.2) is 15.0 Å². The number of rotatable bonds is 5. The molecule has 0 bridgehead atoms. The van der Waals surface area contributed by atoms with Crippen LogP contribution in [0.5, 0.6) is 0 Å². The Hall–Kier alpha value is -0.400. The van der Waals surface area contributed by atoms with E-state index in [1.807, 2.05) is 6.07 Å². The van der Waals surface area contributed by atoms with Gasteiger partial charge < -0.3 is 0 Å². The van der Waals surface area contributed by atoms with Crippen molar-refractivity contribution in [2.75, 3.05) is 6.54 Å². The van der Waals surface area contributed by atoms with E-state index >= 15 is 0 Å². The summed E-state index contributed by atoms with van der Waals surface area (Å²) in [5, 5.41) is 2.07. The summed E-state index contributed by atoms with van der Waals surface area (Å²) in [7, 11) is -3.48. The molecule has 3 nitrogen and oxygen atoms in total. The van der Waals surface area contributed by atoms with E-state index in [2.05, 4.69) is 16.2 Å². The largest absolute Gasteiger partial charge is 0.250 e. The van der Waals surface area contributed by atoms with Crippen molar-refractivity contribution in [3.05, 3.63) is 38.9 Å². The fourth-order valence-electron chi connectivity index (χ4n) is 3.07. The standard InChI is InChI=1S/C15H18ClNO2S3/c16-13-6-7-14(21-13)22(18,19)17-11-15(8-2-1-3-9-15)12-5-4-10-20-12/h4-7,10,17H,1-3,8-9,11H2. The fourth-order valence-corrected chi connectivity index (χ4v) is 6.71. The number of halogens is 1. The van der Waals surface area contributed by atoms with Gasteiger partial charge in [-0.15, -0.1) is 22.7 Å². The first-order valence-electron chi connectivity index (χ1n) is 7.31. The molecule has 1 saturated carbocycles. The van der Waals surface area contributed by atoms with E-state index in [-0.39, 0.29) is 9.62 Å². The first-order valence-corrected chi connectivity index (χ1v) is 10.9. The highest BCUT2D eigenvalue weighted by molar-refractivity contribution is 7.91. The highest BCUT2D eigenvalue weighted by Crippen LogP contribution is 2.41. The molecule has 1 fully saturated rings. The van der Waals surface area contributed by atoms with Crippen LogP contribution in [0.1, 0.15) is 37.0 Å². The topological polar surface area (TPSA) is 46.2 Å². The van der Waals surface area contributed by atoms with Crippen LogP contribution in [0, 0.1) is 0 Å². The second-order valence-electron chi connectivity index (χ2n) is 5.70. The van der Waals surface area contributed by atoms with Gasteiger partial charge in [0.1, 0.15) is 4.21 Å². The van der Waals surface area contributed by atoms with Crippen molar-refractivity contribution in [1.82, 2.24) is 4.72 Å². The normalized spacial score (nSPS) is 18.4. The minimum atomic E-state index is -3.48. The highest BCUT2D eigenvalue weighted by Gasteiger charge is 2.36. The van der Waals surface area contributed by atoms with Crippen LogP contribution in [0.3, 0.4) is 0 Å². The third kappa shape index (κ3) is 3.41. The predicted molar refractivity (Wildman–Crippen MR) is 93.6 cm³/mol. The molecule has 0 aliphatic heterocycles. The zero-order chi connectivity index (χ0) is 15.6. The summed E-state index contributed by atoms with van der Waals surface area (Å²) in [5.41, 5.74) is -0.0550. The first kappa shape index (κ1) is 16.5. The Labute approximate surface area is 144 Å². The minimum Gasteiger partial charge on any atom is -0.210 e. The van der Waals surface area contributed by atoms with Gasteiger partial charge >= 0.3 is 0 Å². The number of nitrogens with one attached hydrogen (secondary N) is 1. The van der Waals surface area contributed by atoms with E-state index < -0.39 is 10.0 Å². The van der Waals surface area contributed by atoms with Crippen LogP contribution in [-0.2, 0) is 15.4 Å². The summed E-state index contributed by atoms with van der Waals surface area (Å²) in [6.07, 6.45) is 5.64. The SMILES string of the molecule is O=S(=O)(NCC1(c2cccs2)CCCCC1)c1ccc(Cl)s1. The molecule has 22 heavy (non-hydrogen) atoms. The summed E-state index contributed by atoms with van der Waals surface area (Å²) in [5.74, 6) is 0. The van der Waals surface area contributed by atoms with E-state index in [9.17, 15) is 8.42 Å². The molecular weight excluding hydrogens is 358 g/mol. The molecule has 0 unspecified atom stereocenters. The average molecular weight is 376 g/mol. The summed E-state index contributed by atoms with van der Waals surface area (Å²) in [6.45, 7) is 0.464. The Balaban J connectivity index is 1.80. The van der Waals surface area contributed by atoms with Gasteiger partial charge in [-0.25, -0.2) is 13.1 Å². The molecule has 1 aliphatic rings. The zero-order valence-corrected chi connectivity index (χ0v) is 15.3. The number of hydrogen-bond donors (Lipinski definition) is 1. The maximum atomic E-state index is 12.4. The monoisotopic (exact) mass is 375 g/mol. The van der Waals surface area contributed by atoms with E-state index in [0.717, 1.165) is 37.0 Å². The van der Waals surface area contributed by atoms with E-state index in [0.29, 0.717) is 10.9 Å².